The zero-order valence-corrected chi connectivity index (χ0v) is 15.5. The van der Waals surface area contributed by atoms with Gasteiger partial charge in [0.15, 0.2) is 6.54 Å². The minimum Gasteiger partial charge on any atom is -0.337 e. The van der Waals surface area contributed by atoms with Crippen molar-refractivity contribution in [1.29, 1.82) is 0 Å². The van der Waals surface area contributed by atoms with E-state index in [0.29, 0.717) is 12.6 Å². The summed E-state index contributed by atoms with van der Waals surface area (Å²) in [7, 11) is 0. The maximum Gasteiger partial charge on any atom is 0.279 e. The highest BCUT2D eigenvalue weighted by Crippen LogP contribution is 2.19. The Morgan fingerprint density at radius 1 is 1.17 bits per heavy atom. The van der Waals surface area contributed by atoms with E-state index < -0.39 is 0 Å². The molecular weight excluding hydrogens is 286 g/mol. The van der Waals surface area contributed by atoms with Gasteiger partial charge in [0.1, 0.15) is 0 Å². The van der Waals surface area contributed by atoms with Gasteiger partial charge in [-0.25, -0.2) is 0 Å². The van der Waals surface area contributed by atoms with Crippen LogP contribution in [0.15, 0.2) is 18.2 Å². The van der Waals surface area contributed by atoms with Crippen molar-refractivity contribution in [3.63, 3.8) is 0 Å². The van der Waals surface area contributed by atoms with Crippen molar-refractivity contribution in [2.75, 3.05) is 11.9 Å². The number of anilines is 1. The molecule has 2 rings (SSSR count). The molecule has 1 fully saturated rings. The first-order valence-electron chi connectivity index (χ1n) is 8.64. The molecule has 0 aliphatic carbocycles. The van der Waals surface area contributed by atoms with E-state index >= 15 is 0 Å². The van der Waals surface area contributed by atoms with Gasteiger partial charge in [-0.05, 0) is 64.8 Å². The van der Waals surface area contributed by atoms with Gasteiger partial charge >= 0.3 is 0 Å². The second-order valence-corrected chi connectivity index (χ2v) is 8.58. The van der Waals surface area contributed by atoms with Crippen LogP contribution in [-0.2, 0) is 4.79 Å². The van der Waals surface area contributed by atoms with Crippen molar-refractivity contribution in [3.8, 4) is 0 Å². The second kappa shape index (κ2) is 6.62. The molecule has 4 nitrogen and oxygen atoms in total. The summed E-state index contributed by atoms with van der Waals surface area (Å²) < 4.78 is 0. The summed E-state index contributed by atoms with van der Waals surface area (Å²) in [5.74, 6) is 0.0819. The highest BCUT2D eigenvalue weighted by Gasteiger charge is 2.43. The molecule has 1 aromatic carbocycles. The molecule has 1 heterocycles. The molecule has 0 atom stereocenters. The Morgan fingerprint density at radius 2 is 1.78 bits per heavy atom. The van der Waals surface area contributed by atoms with Crippen LogP contribution < -0.4 is 16.0 Å². The fraction of sp³-hybridized carbons (Fsp3) is 0.632. The number of hydrogen-bond acceptors (Lipinski definition) is 1. The number of hydrogen-bond donors (Lipinski definition) is 3. The third kappa shape index (κ3) is 5.33. The number of carbonyl (C=O) groups is 1. The number of rotatable bonds is 4. The molecule has 0 unspecified atom stereocenters. The Labute approximate surface area is 140 Å². The van der Waals surface area contributed by atoms with Gasteiger partial charge in [0, 0.05) is 5.69 Å². The van der Waals surface area contributed by atoms with E-state index in [1.165, 1.54) is 11.1 Å². The number of carbonyl (C=O) groups excluding carboxylic acids is 1. The second-order valence-electron chi connectivity index (χ2n) is 8.58. The summed E-state index contributed by atoms with van der Waals surface area (Å²) in [6, 6.07) is 6.57. The SMILES string of the molecule is Cc1ccc(NC(=O)C[NH2+]C2CC(C)(C)[NH2+]C(C)(C)C2)cc1C. The third-order valence-electron chi connectivity index (χ3n) is 4.79. The lowest BCUT2D eigenvalue weighted by Crippen LogP contribution is -3.09. The molecular formula is C19H33N3O+2. The van der Waals surface area contributed by atoms with Gasteiger partial charge in [-0.15, -0.1) is 0 Å². The van der Waals surface area contributed by atoms with Crippen LogP contribution in [0.25, 0.3) is 0 Å². The molecule has 1 aromatic rings. The minimum absolute atomic E-state index is 0.0819. The van der Waals surface area contributed by atoms with Gasteiger partial charge in [0.2, 0.25) is 0 Å². The van der Waals surface area contributed by atoms with Crippen LogP contribution in [0.3, 0.4) is 0 Å². The van der Waals surface area contributed by atoms with E-state index in [1.807, 2.05) is 12.1 Å². The van der Waals surface area contributed by atoms with E-state index in [1.54, 1.807) is 0 Å². The number of benzene rings is 1. The number of nitrogens with two attached hydrogens (primary N) is 2. The summed E-state index contributed by atoms with van der Waals surface area (Å²) >= 11 is 0. The van der Waals surface area contributed by atoms with Crippen LogP contribution >= 0.6 is 0 Å². The normalized spacial score (nSPS) is 20.3. The number of quaternary nitrogens is 2. The molecule has 23 heavy (non-hydrogen) atoms. The fourth-order valence-corrected chi connectivity index (χ4v) is 4.07. The summed E-state index contributed by atoms with van der Waals surface area (Å²) in [5.41, 5.74) is 3.83. The maximum absolute atomic E-state index is 12.2. The standard InChI is InChI=1S/C19H31N3O/c1-13-7-8-15(9-14(13)2)21-17(23)12-20-16-10-18(3,4)22-19(5,6)11-16/h7-9,16,20,22H,10-12H2,1-6H3,(H,21,23)/p+2. The van der Waals surface area contributed by atoms with Gasteiger partial charge in [-0.1, -0.05) is 6.07 Å². The summed E-state index contributed by atoms with van der Waals surface area (Å²) in [6.07, 6.45) is 2.26. The van der Waals surface area contributed by atoms with Crippen LogP contribution in [0.2, 0.25) is 0 Å². The molecule has 1 aliphatic rings. The summed E-state index contributed by atoms with van der Waals surface area (Å²) in [5, 5.41) is 7.70. The zero-order valence-electron chi connectivity index (χ0n) is 15.5. The van der Waals surface area contributed by atoms with Crippen LogP contribution in [0.5, 0.6) is 0 Å². The lowest BCUT2D eigenvalue weighted by Gasteiger charge is -2.41. The summed E-state index contributed by atoms with van der Waals surface area (Å²) in [4.78, 5) is 12.2. The monoisotopic (exact) mass is 319 g/mol. The molecule has 5 N–H and O–H groups in total. The van der Waals surface area contributed by atoms with Crippen molar-refractivity contribution >= 4 is 11.6 Å². The van der Waals surface area contributed by atoms with Crippen molar-refractivity contribution in [2.24, 2.45) is 0 Å². The topological polar surface area (TPSA) is 62.3 Å². The quantitative estimate of drug-likeness (QED) is 0.764. The van der Waals surface area contributed by atoms with Crippen molar-refractivity contribution < 1.29 is 15.4 Å². The average molecular weight is 319 g/mol. The molecule has 0 saturated carbocycles. The van der Waals surface area contributed by atoms with E-state index in [0.717, 1.165) is 18.5 Å². The zero-order chi connectivity index (χ0) is 17.3. The largest absolute Gasteiger partial charge is 0.337 e. The Morgan fingerprint density at radius 3 is 2.35 bits per heavy atom. The Hall–Kier alpha value is -1.39. The lowest BCUT2D eigenvalue weighted by molar-refractivity contribution is -0.812. The first kappa shape index (κ1) is 18.0. The van der Waals surface area contributed by atoms with Crippen LogP contribution in [0, 0.1) is 13.8 Å². The van der Waals surface area contributed by atoms with Crippen LogP contribution in [0.4, 0.5) is 5.69 Å². The number of nitrogens with one attached hydrogen (secondary N) is 1. The van der Waals surface area contributed by atoms with Gasteiger partial charge in [0.05, 0.1) is 30.0 Å². The molecule has 128 valence electrons. The van der Waals surface area contributed by atoms with Crippen LogP contribution in [0.1, 0.15) is 51.7 Å². The highest BCUT2D eigenvalue weighted by molar-refractivity contribution is 5.91. The molecule has 0 bridgehead atoms. The fourth-order valence-electron chi connectivity index (χ4n) is 4.07. The molecule has 1 aliphatic heterocycles. The Bertz CT molecular complexity index is 562. The summed E-state index contributed by atoms with van der Waals surface area (Å²) in [6.45, 7) is 13.8. The average Bonchev–Trinajstić information content (AvgIpc) is 2.37. The molecule has 0 radical (unpaired) electrons. The van der Waals surface area contributed by atoms with E-state index in [2.05, 4.69) is 63.6 Å². The highest BCUT2D eigenvalue weighted by atomic mass is 16.1. The Balaban J connectivity index is 1.87. The number of piperidine rings is 1. The first-order chi connectivity index (χ1) is 10.6. The van der Waals surface area contributed by atoms with E-state index in [4.69, 9.17) is 0 Å². The van der Waals surface area contributed by atoms with Crippen molar-refractivity contribution in [2.45, 2.75) is 71.5 Å². The van der Waals surface area contributed by atoms with Gasteiger partial charge in [0.25, 0.3) is 5.91 Å². The van der Waals surface area contributed by atoms with Crippen molar-refractivity contribution in [1.82, 2.24) is 0 Å². The lowest BCUT2D eigenvalue weighted by atomic mass is 9.79. The number of amides is 1. The van der Waals surface area contributed by atoms with Gasteiger partial charge < -0.3 is 16.0 Å². The smallest absolute Gasteiger partial charge is 0.279 e. The molecule has 1 amide bonds. The first-order valence-corrected chi connectivity index (χ1v) is 8.64. The van der Waals surface area contributed by atoms with E-state index in [-0.39, 0.29) is 17.0 Å². The van der Waals surface area contributed by atoms with Gasteiger partial charge in [-0.3, -0.25) is 4.79 Å². The van der Waals surface area contributed by atoms with E-state index in [9.17, 15) is 4.79 Å². The van der Waals surface area contributed by atoms with Crippen molar-refractivity contribution in [3.05, 3.63) is 29.3 Å². The maximum atomic E-state index is 12.2. The predicted molar refractivity (Wildman–Crippen MR) is 94.4 cm³/mol. The minimum atomic E-state index is 0.0819. The molecule has 1 saturated heterocycles. The Kier molecular flexibility index (Phi) is 5.17. The molecule has 0 spiro atoms. The predicted octanol–water partition coefficient (Wildman–Crippen LogP) is 1.09. The number of aryl methyl sites for hydroxylation is 2. The van der Waals surface area contributed by atoms with Gasteiger partial charge in [-0.2, -0.15) is 0 Å². The molecule has 0 aromatic heterocycles. The third-order valence-corrected chi connectivity index (χ3v) is 4.79. The van der Waals surface area contributed by atoms with Crippen LogP contribution in [-0.4, -0.2) is 29.6 Å². The molecule has 4 heteroatoms.